The highest BCUT2D eigenvalue weighted by molar-refractivity contribution is 7.24. The lowest BCUT2D eigenvalue weighted by molar-refractivity contribution is 0.0530. The minimum Gasteiger partial charge on any atom is -0.462 e. The van der Waals surface area contributed by atoms with Gasteiger partial charge in [0, 0.05) is 20.2 Å². The van der Waals surface area contributed by atoms with Crippen molar-refractivity contribution >= 4 is 71.3 Å². The number of aryl methyl sites for hydroxylation is 1. The van der Waals surface area contributed by atoms with E-state index in [1.165, 1.54) is 22.7 Å². The van der Waals surface area contributed by atoms with Gasteiger partial charge in [-0.2, -0.15) is 0 Å². The van der Waals surface area contributed by atoms with E-state index in [4.69, 9.17) is 16.3 Å². The lowest BCUT2D eigenvalue weighted by atomic mass is 10.1. The van der Waals surface area contributed by atoms with Gasteiger partial charge in [-0.15, -0.1) is 22.7 Å². The summed E-state index contributed by atoms with van der Waals surface area (Å²) >= 11 is 9.15. The third-order valence-corrected chi connectivity index (χ3v) is 7.04. The molecular formula is C21H16ClNO3S2. The summed E-state index contributed by atoms with van der Waals surface area (Å²) in [5, 5.41) is 5.39. The number of thiophene rings is 2. The fourth-order valence-corrected chi connectivity index (χ4v) is 5.61. The van der Waals surface area contributed by atoms with Crippen LogP contribution in [0.5, 0.6) is 0 Å². The van der Waals surface area contributed by atoms with E-state index in [1.54, 1.807) is 6.92 Å². The van der Waals surface area contributed by atoms with Gasteiger partial charge in [0.05, 0.1) is 11.6 Å². The Morgan fingerprint density at radius 2 is 1.86 bits per heavy atom. The first kappa shape index (κ1) is 18.9. The second kappa shape index (κ2) is 7.54. The smallest absolute Gasteiger partial charge is 0.341 e. The van der Waals surface area contributed by atoms with Crippen molar-refractivity contribution in [3.63, 3.8) is 0 Å². The average molecular weight is 430 g/mol. The maximum absolute atomic E-state index is 13.0. The van der Waals surface area contributed by atoms with E-state index in [2.05, 4.69) is 5.32 Å². The number of esters is 1. The van der Waals surface area contributed by atoms with E-state index in [1.807, 2.05) is 49.4 Å². The molecule has 0 spiro atoms. The molecule has 1 amide bonds. The topological polar surface area (TPSA) is 55.4 Å². The molecule has 0 bridgehead atoms. The molecule has 4 nitrogen and oxygen atoms in total. The second-order valence-corrected chi connectivity index (χ2v) is 8.70. The summed E-state index contributed by atoms with van der Waals surface area (Å²) in [4.78, 5) is 25.9. The Kier molecular flexibility index (Phi) is 5.10. The van der Waals surface area contributed by atoms with Gasteiger partial charge in [-0.05, 0) is 31.5 Å². The summed E-state index contributed by atoms with van der Waals surface area (Å²) in [7, 11) is 0. The highest BCUT2D eigenvalue weighted by Gasteiger charge is 2.24. The largest absolute Gasteiger partial charge is 0.462 e. The Labute approximate surface area is 174 Å². The molecule has 2 aromatic carbocycles. The van der Waals surface area contributed by atoms with Gasteiger partial charge in [-0.25, -0.2) is 4.79 Å². The zero-order valence-corrected chi connectivity index (χ0v) is 17.6. The van der Waals surface area contributed by atoms with Gasteiger partial charge < -0.3 is 10.1 Å². The number of carbonyl (C=O) groups excluding carboxylic acids is 2. The van der Waals surface area contributed by atoms with Gasteiger partial charge in [0.2, 0.25) is 0 Å². The van der Waals surface area contributed by atoms with Crippen LogP contribution in [0, 0.1) is 6.92 Å². The molecule has 4 aromatic rings. The summed E-state index contributed by atoms with van der Waals surface area (Å²) < 4.78 is 7.06. The Hall–Kier alpha value is -2.41. The number of rotatable bonds is 4. The van der Waals surface area contributed by atoms with E-state index >= 15 is 0 Å². The number of fused-ring (bicyclic) bond motifs is 2. The number of nitrogens with one attached hydrogen (secondary N) is 1. The molecule has 0 unspecified atom stereocenters. The third-order valence-electron chi connectivity index (χ3n) is 4.29. The maximum Gasteiger partial charge on any atom is 0.341 e. The normalized spacial score (nSPS) is 11.1. The summed E-state index contributed by atoms with van der Waals surface area (Å²) in [6.07, 6.45) is 0. The summed E-state index contributed by atoms with van der Waals surface area (Å²) in [6.45, 7) is 4.01. The molecule has 2 aromatic heterocycles. The lowest BCUT2D eigenvalue weighted by Crippen LogP contribution is -2.13. The van der Waals surface area contributed by atoms with Crippen molar-refractivity contribution in [1.82, 2.24) is 0 Å². The standard InChI is InChI=1S/C21H16ClNO3S2/c1-3-26-21(25)16-12-6-4-5-7-14(12)28-20(16)23-19(24)18-17(22)13-9-8-11(2)10-15(13)27-18/h4-10H,3H2,1-2H3,(H,23,24). The zero-order valence-electron chi connectivity index (χ0n) is 15.2. The minimum absolute atomic E-state index is 0.262. The fourth-order valence-electron chi connectivity index (χ4n) is 3.02. The summed E-state index contributed by atoms with van der Waals surface area (Å²) in [6, 6.07) is 13.4. The number of hydrogen-bond donors (Lipinski definition) is 1. The molecule has 7 heteroatoms. The van der Waals surface area contributed by atoms with Crippen molar-refractivity contribution < 1.29 is 14.3 Å². The van der Waals surface area contributed by atoms with Crippen molar-refractivity contribution in [2.45, 2.75) is 13.8 Å². The summed E-state index contributed by atoms with van der Waals surface area (Å²) in [5.74, 6) is -0.783. The second-order valence-electron chi connectivity index (χ2n) is 6.22. The molecular weight excluding hydrogens is 414 g/mol. The molecule has 0 fully saturated rings. The van der Waals surface area contributed by atoms with E-state index in [0.29, 0.717) is 20.5 Å². The molecule has 0 aliphatic rings. The van der Waals surface area contributed by atoms with Gasteiger partial charge in [0.1, 0.15) is 15.4 Å². The van der Waals surface area contributed by atoms with Crippen LogP contribution in [0.15, 0.2) is 42.5 Å². The van der Waals surface area contributed by atoms with Crippen LogP contribution in [-0.2, 0) is 4.74 Å². The molecule has 28 heavy (non-hydrogen) atoms. The van der Waals surface area contributed by atoms with Crippen LogP contribution in [0.25, 0.3) is 20.2 Å². The molecule has 0 radical (unpaired) electrons. The van der Waals surface area contributed by atoms with Crippen molar-refractivity contribution in [2.24, 2.45) is 0 Å². The van der Waals surface area contributed by atoms with Crippen LogP contribution in [0.2, 0.25) is 5.02 Å². The fraction of sp³-hybridized carbons (Fsp3) is 0.143. The average Bonchev–Trinajstić information content (AvgIpc) is 3.19. The first-order chi connectivity index (χ1) is 13.5. The van der Waals surface area contributed by atoms with Crippen LogP contribution < -0.4 is 5.32 Å². The van der Waals surface area contributed by atoms with E-state index < -0.39 is 5.97 Å². The Morgan fingerprint density at radius 3 is 2.64 bits per heavy atom. The lowest BCUT2D eigenvalue weighted by Gasteiger charge is -2.06. The molecule has 0 saturated carbocycles. The summed E-state index contributed by atoms with van der Waals surface area (Å²) in [5.41, 5.74) is 1.48. The minimum atomic E-state index is -0.451. The van der Waals surface area contributed by atoms with E-state index in [-0.39, 0.29) is 12.5 Å². The molecule has 142 valence electrons. The highest BCUT2D eigenvalue weighted by Crippen LogP contribution is 2.39. The van der Waals surface area contributed by atoms with Crippen molar-refractivity contribution in [2.75, 3.05) is 11.9 Å². The number of halogens is 1. The first-order valence-corrected chi connectivity index (χ1v) is 10.7. The highest BCUT2D eigenvalue weighted by atomic mass is 35.5. The Balaban J connectivity index is 1.76. The van der Waals surface area contributed by atoms with Crippen LogP contribution in [0.3, 0.4) is 0 Å². The van der Waals surface area contributed by atoms with Crippen LogP contribution in [-0.4, -0.2) is 18.5 Å². The van der Waals surface area contributed by atoms with Crippen LogP contribution in [0.1, 0.15) is 32.5 Å². The molecule has 0 aliphatic carbocycles. The Bertz CT molecular complexity index is 1230. The third kappa shape index (κ3) is 3.28. The molecule has 0 saturated heterocycles. The number of amides is 1. The van der Waals surface area contributed by atoms with E-state index in [9.17, 15) is 9.59 Å². The number of hydrogen-bond acceptors (Lipinski definition) is 5. The van der Waals surface area contributed by atoms with Gasteiger partial charge in [-0.3, -0.25) is 4.79 Å². The van der Waals surface area contributed by atoms with Gasteiger partial charge in [0.25, 0.3) is 5.91 Å². The number of benzene rings is 2. The van der Waals surface area contributed by atoms with Crippen molar-refractivity contribution in [1.29, 1.82) is 0 Å². The number of anilines is 1. The maximum atomic E-state index is 13.0. The quantitative estimate of drug-likeness (QED) is 0.376. The van der Waals surface area contributed by atoms with Crippen molar-refractivity contribution in [3.8, 4) is 0 Å². The molecule has 0 atom stereocenters. The monoisotopic (exact) mass is 429 g/mol. The van der Waals surface area contributed by atoms with Gasteiger partial charge in [-0.1, -0.05) is 41.9 Å². The number of carbonyl (C=O) groups is 2. The van der Waals surface area contributed by atoms with Gasteiger partial charge >= 0.3 is 5.97 Å². The van der Waals surface area contributed by atoms with Crippen LogP contribution in [0.4, 0.5) is 5.00 Å². The zero-order chi connectivity index (χ0) is 19.8. The van der Waals surface area contributed by atoms with E-state index in [0.717, 1.165) is 25.7 Å². The molecule has 4 rings (SSSR count). The first-order valence-electron chi connectivity index (χ1n) is 8.68. The van der Waals surface area contributed by atoms with Gasteiger partial charge in [0.15, 0.2) is 0 Å². The predicted octanol–water partition coefficient (Wildman–Crippen LogP) is 6.51. The SMILES string of the molecule is CCOC(=O)c1c(NC(=O)c2sc3cc(C)ccc3c2Cl)sc2ccccc12. The molecule has 0 aliphatic heterocycles. The predicted molar refractivity (Wildman–Crippen MR) is 117 cm³/mol. The van der Waals surface area contributed by atoms with Crippen molar-refractivity contribution in [3.05, 3.63) is 63.5 Å². The molecule has 2 heterocycles. The number of ether oxygens (including phenoxy) is 1. The Morgan fingerprint density at radius 1 is 1.07 bits per heavy atom. The van der Waals surface area contributed by atoms with Crippen LogP contribution >= 0.6 is 34.3 Å². The molecule has 1 N–H and O–H groups in total.